The van der Waals surface area contributed by atoms with E-state index in [4.69, 9.17) is 14.0 Å². The SMILES string of the molecule is CNC(=O)C12CC(=O)O[B-](C(CC(=O)[C@H](Cc3ccccc3)NC(=O)c3cnccn3)CC(C)C)(OC(=O)C1)O2. The van der Waals surface area contributed by atoms with Crippen LogP contribution < -0.4 is 10.6 Å². The Balaban J connectivity index is 1.65. The Kier molecular flexibility index (Phi) is 8.62. The minimum Gasteiger partial charge on any atom is -0.633 e. The number of carbonyl (C=O) groups excluding carboxylic acids is 5. The zero-order chi connectivity index (χ0) is 28.9. The highest BCUT2D eigenvalue weighted by Gasteiger charge is 2.61. The molecule has 2 amide bonds. The molecule has 40 heavy (non-hydrogen) atoms. The number of amides is 2. The summed E-state index contributed by atoms with van der Waals surface area (Å²) in [5, 5.41) is 5.19. The summed E-state index contributed by atoms with van der Waals surface area (Å²) in [6.45, 7) is 0.632. The topological polar surface area (TPSA) is 163 Å². The van der Waals surface area contributed by atoms with Crippen LogP contribution in [0.3, 0.4) is 0 Å². The summed E-state index contributed by atoms with van der Waals surface area (Å²) in [6, 6.07) is 8.14. The van der Waals surface area contributed by atoms with Gasteiger partial charge in [-0.25, -0.2) is 4.98 Å². The van der Waals surface area contributed by atoms with Gasteiger partial charge in [-0.3, -0.25) is 29.0 Å². The first kappa shape index (κ1) is 28.9. The first-order valence-corrected chi connectivity index (χ1v) is 13.2. The Hall–Kier alpha value is -4.13. The number of rotatable bonds is 11. The lowest BCUT2D eigenvalue weighted by atomic mass is 9.55. The summed E-state index contributed by atoms with van der Waals surface area (Å²) in [7, 11) is 1.37. The van der Waals surface area contributed by atoms with Crippen molar-refractivity contribution < 1.29 is 37.9 Å². The molecule has 13 heteroatoms. The van der Waals surface area contributed by atoms with Crippen molar-refractivity contribution in [2.75, 3.05) is 7.05 Å². The highest BCUT2D eigenvalue weighted by atomic mass is 16.8. The Morgan fingerprint density at radius 3 is 2.30 bits per heavy atom. The molecular weight excluding hydrogens is 519 g/mol. The second-order valence-electron chi connectivity index (χ2n) is 10.6. The highest BCUT2D eigenvalue weighted by molar-refractivity contribution is 6.67. The summed E-state index contributed by atoms with van der Waals surface area (Å²) in [5.41, 5.74) is -0.954. The molecule has 2 fully saturated rings. The molecule has 1 aromatic carbocycles. The maximum absolute atomic E-state index is 13.9. The van der Waals surface area contributed by atoms with Crippen LogP contribution in [0.5, 0.6) is 0 Å². The molecule has 2 aromatic rings. The second kappa shape index (κ2) is 11.9. The molecule has 1 aromatic heterocycles. The maximum Gasteiger partial charge on any atom is 0.499 e. The fourth-order valence-corrected chi connectivity index (χ4v) is 5.32. The molecule has 0 aliphatic carbocycles. The average molecular weight is 551 g/mol. The minimum atomic E-state index is -3.15. The van der Waals surface area contributed by atoms with E-state index in [1.54, 1.807) is 0 Å². The molecule has 0 spiro atoms. The van der Waals surface area contributed by atoms with Crippen molar-refractivity contribution in [3.8, 4) is 0 Å². The predicted octanol–water partition coefficient (Wildman–Crippen LogP) is 1.53. The van der Waals surface area contributed by atoms with E-state index in [1.165, 1.54) is 25.6 Å². The van der Waals surface area contributed by atoms with Gasteiger partial charge in [0, 0.05) is 19.4 Å². The van der Waals surface area contributed by atoms with Gasteiger partial charge in [-0.05, 0) is 24.3 Å². The molecule has 2 saturated heterocycles. The second-order valence-corrected chi connectivity index (χ2v) is 10.6. The van der Waals surface area contributed by atoms with E-state index >= 15 is 0 Å². The Morgan fingerprint density at radius 1 is 1.05 bits per heavy atom. The number of hydrogen-bond donors (Lipinski definition) is 2. The van der Waals surface area contributed by atoms with Crippen molar-refractivity contribution in [1.29, 1.82) is 0 Å². The van der Waals surface area contributed by atoms with E-state index in [0.29, 0.717) is 0 Å². The largest absolute Gasteiger partial charge is 0.633 e. The van der Waals surface area contributed by atoms with Gasteiger partial charge in [0.1, 0.15) is 11.3 Å². The zero-order valence-corrected chi connectivity index (χ0v) is 22.6. The number of Topliss-reactive ketones (excluding diaryl/α,β-unsaturated/α-hetero) is 1. The van der Waals surface area contributed by atoms with Crippen LogP contribution in [0, 0.1) is 5.92 Å². The molecule has 1 unspecified atom stereocenters. The molecule has 4 rings (SSSR count). The van der Waals surface area contributed by atoms with Crippen molar-refractivity contribution in [2.24, 2.45) is 5.92 Å². The number of likely N-dealkylation sites (N-methyl/N-ethyl adjacent to an activating group) is 1. The normalized spacial score (nSPS) is 23.4. The van der Waals surface area contributed by atoms with E-state index < -0.39 is 66.6 Å². The lowest BCUT2D eigenvalue weighted by Crippen LogP contribution is -2.70. The van der Waals surface area contributed by atoms with E-state index in [-0.39, 0.29) is 30.9 Å². The standard InChI is InChI=1S/C27H32BN4O8/c1-17(2)11-19(28-38-23(34)14-27(40-28,26(37)29-3)15-24(35)39-28)13-22(33)20(12-18-7-5-4-6-8-18)32-25(36)21-16-30-9-10-31-21/h4-10,16-17,19-20H,11-15H2,1-3H3,(H,29,37)(H,32,36)/q-1/t19?,20-,27?,28?/m0/s1. The Labute approximate surface area is 231 Å². The number of nitrogens with zero attached hydrogens (tertiary/aromatic N) is 2. The zero-order valence-electron chi connectivity index (χ0n) is 22.6. The molecule has 2 N–H and O–H groups in total. The molecule has 2 bridgehead atoms. The molecular formula is C27H32BN4O8-. The fourth-order valence-electron chi connectivity index (χ4n) is 5.32. The number of ketones is 1. The number of carbonyl (C=O) groups is 5. The third-order valence-corrected chi connectivity index (χ3v) is 7.07. The first-order valence-electron chi connectivity index (χ1n) is 13.2. The summed E-state index contributed by atoms with van der Waals surface area (Å²) >= 11 is 0. The summed E-state index contributed by atoms with van der Waals surface area (Å²) in [4.78, 5) is 73.1. The van der Waals surface area contributed by atoms with Crippen molar-refractivity contribution in [3.05, 3.63) is 60.2 Å². The van der Waals surface area contributed by atoms with E-state index in [0.717, 1.165) is 5.56 Å². The number of hydrogen-bond acceptors (Lipinski definition) is 10. The highest BCUT2D eigenvalue weighted by Crippen LogP contribution is 2.46. The van der Waals surface area contributed by atoms with Gasteiger partial charge >= 0.3 is 6.75 Å². The van der Waals surface area contributed by atoms with Crippen LogP contribution in [0.1, 0.15) is 55.6 Å². The summed E-state index contributed by atoms with van der Waals surface area (Å²) in [5.74, 6) is -4.11. The lowest BCUT2D eigenvalue weighted by Gasteiger charge is -2.58. The monoisotopic (exact) mass is 551 g/mol. The van der Waals surface area contributed by atoms with Crippen LogP contribution in [0.2, 0.25) is 5.82 Å². The Bertz CT molecular complexity index is 1250. The third kappa shape index (κ3) is 6.36. The van der Waals surface area contributed by atoms with Crippen LogP contribution in [0.25, 0.3) is 0 Å². The number of nitrogens with one attached hydrogen (secondary N) is 2. The summed E-state index contributed by atoms with van der Waals surface area (Å²) < 4.78 is 17.2. The number of fused-ring (bicyclic) bond motifs is 2. The molecule has 212 valence electrons. The van der Waals surface area contributed by atoms with E-state index in [1.807, 2.05) is 44.2 Å². The minimum absolute atomic E-state index is 0.0323. The smallest absolute Gasteiger partial charge is 0.499 e. The van der Waals surface area contributed by atoms with Gasteiger partial charge in [0.25, 0.3) is 17.8 Å². The van der Waals surface area contributed by atoms with Gasteiger partial charge < -0.3 is 24.6 Å². The van der Waals surface area contributed by atoms with E-state index in [2.05, 4.69) is 20.6 Å². The maximum atomic E-state index is 13.9. The molecule has 2 aliphatic heterocycles. The van der Waals surface area contributed by atoms with Crippen LogP contribution in [0.15, 0.2) is 48.9 Å². The number of benzene rings is 1. The predicted molar refractivity (Wildman–Crippen MR) is 141 cm³/mol. The molecule has 3 heterocycles. The van der Waals surface area contributed by atoms with Gasteiger partial charge in [0.05, 0.1) is 25.1 Å². The van der Waals surface area contributed by atoms with Crippen LogP contribution in [-0.4, -0.2) is 64.9 Å². The molecule has 12 nitrogen and oxygen atoms in total. The number of aromatic nitrogens is 2. The van der Waals surface area contributed by atoms with Crippen LogP contribution in [-0.2, 0) is 39.6 Å². The Morgan fingerprint density at radius 2 is 1.73 bits per heavy atom. The van der Waals surface area contributed by atoms with Crippen molar-refractivity contribution in [3.63, 3.8) is 0 Å². The van der Waals surface area contributed by atoms with Gasteiger partial charge in [-0.2, -0.15) is 0 Å². The van der Waals surface area contributed by atoms with Crippen molar-refractivity contribution in [1.82, 2.24) is 20.6 Å². The quantitative estimate of drug-likeness (QED) is 0.392. The van der Waals surface area contributed by atoms with Gasteiger partial charge in [-0.1, -0.05) is 56.4 Å². The average Bonchev–Trinajstić information content (AvgIpc) is 2.91. The van der Waals surface area contributed by atoms with Crippen LogP contribution >= 0.6 is 0 Å². The summed E-state index contributed by atoms with van der Waals surface area (Å²) in [6.07, 6.45) is 3.34. The lowest BCUT2D eigenvalue weighted by molar-refractivity contribution is -0.186. The fraction of sp³-hybridized carbons (Fsp3) is 0.444. The molecule has 0 saturated carbocycles. The van der Waals surface area contributed by atoms with Gasteiger partial charge in [-0.15, -0.1) is 0 Å². The van der Waals surface area contributed by atoms with E-state index in [9.17, 15) is 24.0 Å². The molecule has 0 radical (unpaired) electrons. The third-order valence-electron chi connectivity index (χ3n) is 7.07. The van der Waals surface area contributed by atoms with Crippen molar-refractivity contribution in [2.45, 2.75) is 63.4 Å². The molecule has 2 aliphatic rings. The molecule has 2 atom stereocenters. The van der Waals surface area contributed by atoms with Gasteiger partial charge in [0.15, 0.2) is 5.78 Å². The first-order chi connectivity index (χ1) is 19.1. The van der Waals surface area contributed by atoms with Crippen LogP contribution in [0.4, 0.5) is 0 Å². The van der Waals surface area contributed by atoms with Crippen molar-refractivity contribution >= 4 is 36.3 Å². The van der Waals surface area contributed by atoms with Gasteiger partial charge in [0.2, 0.25) is 5.91 Å².